The zero-order chi connectivity index (χ0) is 15.0. The SMILES string of the molecule is CCCCn1c(C2CC2)nc(-c2cncn2C(C)C)c1N. The maximum atomic E-state index is 6.43. The maximum absolute atomic E-state index is 6.43. The molecule has 0 bridgehead atoms. The van der Waals surface area contributed by atoms with Gasteiger partial charge in [0.15, 0.2) is 0 Å². The van der Waals surface area contributed by atoms with E-state index in [0.717, 1.165) is 30.2 Å². The standard InChI is InChI=1S/C16H25N5/c1-4-5-8-20-15(17)14(19-16(20)12-6-7-12)13-9-18-10-21(13)11(2)3/h9-12H,4-8,17H2,1-3H3. The Bertz CT molecular complexity index is 619. The lowest BCUT2D eigenvalue weighted by Crippen LogP contribution is -2.07. The quantitative estimate of drug-likeness (QED) is 0.883. The molecule has 0 saturated heterocycles. The van der Waals surface area contributed by atoms with Gasteiger partial charge in [-0.1, -0.05) is 13.3 Å². The normalized spacial score (nSPS) is 15.0. The zero-order valence-electron chi connectivity index (χ0n) is 13.2. The van der Waals surface area contributed by atoms with Crippen LogP contribution in [-0.2, 0) is 6.54 Å². The molecule has 0 atom stereocenters. The van der Waals surface area contributed by atoms with Crippen molar-refractivity contribution in [3.63, 3.8) is 0 Å². The molecule has 5 nitrogen and oxygen atoms in total. The fraction of sp³-hybridized carbons (Fsp3) is 0.625. The van der Waals surface area contributed by atoms with E-state index in [1.54, 1.807) is 0 Å². The topological polar surface area (TPSA) is 61.7 Å². The number of rotatable bonds is 6. The van der Waals surface area contributed by atoms with Gasteiger partial charge >= 0.3 is 0 Å². The van der Waals surface area contributed by atoms with Crippen LogP contribution in [-0.4, -0.2) is 19.1 Å². The van der Waals surface area contributed by atoms with Crippen LogP contribution < -0.4 is 5.73 Å². The molecule has 0 aliphatic heterocycles. The molecule has 1 aliphatic rings. The highest BCUT2D eigenvalue weighted by Gasteiger charge is 2.31. The predicted molar refractivity (Wildman–Crippen MR) is 85.1 cm³/mol. The first kappa shape index (κ1) is 14.2. The summed E-state index contributed by atoms with van der Waals surface area (Å²) in [6.45, 7) is 7.48. The van der Waals surface area contributed by atoms with E-state index in [2.05, 4.69) is 34.9 Å². The third-order valence-corrected chi connectivity index (χ3v) is 4.18. The van der Waals surface area contributed by atoms with Gasteiger partial charge in [-0.05, 0) is 33.1 Å². The van der Waals surface area contributed by atoms with E-state index in [9.17, 15) is 0 Å². The van der Waals surface area contributed by atoms with Crippen molar-refractivity contribution in [3.05, 3.63) is 18.3 Å². The summed E-state index contributed by atoms with van der Waals surface area (Å²) in [6, 6.07) is 0.354. The largest absolute Gasteiger partial charge is 0.383 e. The number of nitrogens with zero attached hydrogens (tertiary/aromatic N) is 4. The number of hydrogen-bond donors (Lipinski definition) is 1. The molecule has 2 N–H and O–H groups in total. The van der Waals surface area contributed by atoms with E-state index in [0.29, 0.717) is 12.0 Å². The Morgan fingerprint density at radius 1 is 1.38 bits per heavy atom. The fourth-order valence-electron chi connectivity index (χ4n) is 2.78. The minimum absolute atomic E-state index is 0.354. The molecule has 2 aromatic heterocycles. The summed E-state index contributed by atoms with van der Waals surface area (Å²) in [6.07, 6.45) is 8.53. The predicted octanol–water partition coefficient (Wildman–Crippen LogP) is 3.59. The first-order valence-electron chi connectivity index (χ1n) is 8.01. The van der Waals surface area contributed by atoms with Gasteiger partial charge in [0.25, 0.3) is 0 Å². The molecule has 0 amide bonds. The number of nitrogens with two attached hydrogens (primary N) is 1. The average Bonchev–Trinajstić information content (AvgIpc) is 3.08. The van der Waals surface area contributed by atoms with Crippen molar-refractivity contribution in [1.29, 1.82) is 0 Å². The molecule has 0 radical (unpaired) electrons. The third kappa shape index (κ3) is 2.57. The van der Waals surface area contributed by atoms with Gasteiger partial charge in [-0.15, -0.1) is 0 Å². The number of nitrogen functional groups attached to an aromatic ring is 1. The van der Waals surface area contributed by atoms with Gasteiger partial charge in [-0.25, -0.2) is 9.97 Å². The minimum atomic E-state index is 0.354. The molecular weight excluding hydrogens is 262 g/mol. The number of anilines is 1. The second kappa shape index (κ2) is 5.54. The smallest absolute Gasteiger partial charge is 0.133 e. The molecule has 5 heteroatoms. The molecule has 3 rings (SSSR count). The van der Waals surface area contributed by atoms with Crippen molar-refractivity contribution in [2.75, 3.05) is 5.73 Å². The lowest BCUT2D eigenvalue weighted by Gasteiger charge is -2.11. The Labute approximate surface area is 126 Å². The molecule has 2 heterocycles. The highest BCUT2D eigenvalue weighted by molar-refractivity contribution is 5.68. The minimum Gasteiger partial charge on any atom is -0.383 e. The molecule has 114 valence electrons. The van der Waals surface area contributed by atoms with Gasteiger partial charge in [-0.2, -0.15) is 0 Å². The van der Waals surface area contributed by atoms with Gasteiger partial charge in [0.05, 0.1) is 18.2 Å². The summed E-state index contributed by atoms with van der Waals surface area (Å²) in [5.74, 6) is 2.58. The average molecular weight is 287 g/mol. The van der Waals surface area contributed by atoms with E-state index in [-0.39, 0.29) is 0 Å². The van der Waals surface area contributed by atoms with Crippen LogP contribution in [0.2, 0.25) is 0 Å². The molecule has 0 spiro atoms. The summed E-state index contributed by atoms with van der Waals surface area (Å²) >= 11 is 0. The molecule has 21 heavy (non-hydrogen) atoms. The van der Waals surface area contributed by atoms with Gasteiger partial charge < -0.3 is 14.9 Å². The van der Waals surface area contributed by atoms with Crippen molar-refractivity contribution in [2.45, 2.75) is 65.0 Å². The summed E-state index contributed by atoms with van der Waals surface area (Å²) in [5, 5.41) is 0. The van der Waals surface area contributed by atoms with Gasteiger partial charge in [0.1, 0.15) is 17.3 Å². The van der Waals surface area contributed by atoms with E-state index >= 15 is 0 Å². The summed E-state index contributed by atoms with van der Waals surface area (Å²) in [4.78, 5) is 9.17. The van der Waals surface area contributed by atoms with Gasteiger partial charge in [0, 0.05) is 18.5 Å². The highest BCUT2D eigenvalue weighted by Crippen LogP contribution is 2.42. The lowest BCUT2D eigenvalue weighted by atomic mass is 10.3. The monoisotopic (exact) mass is 287 g/mol. The van der Waals surface area contributed by atoms with Crippen LogP contribution in [0.5, 0.6) is 0 Å². The van der Waals surface area contributed by atoms with Crippen LogP contribution in [0.4, 0.5) is 5.82 Å². The van der Waals surface area contributed by atoms with Crippen molar-refractivity contribution in [1.82, 2.24) is 19.1 Å². The molecular formula is C16H25N5. The first-order valence-corrected chi connectivity index (χ1v) is 8.01. The van der Waals surface area contributed by atoms with E-state index in [1.165, 1.54) is 25.1 Å². The number of hydrogen-bond acceptors (Lipinski definition) is 3. The molecule has 0 aromatic carbocycles. The Morgan fingerprint density at radius 2 is 2.14 bits per heavy atom. The number of unbranched alkanes of at least 4 members (excludes halogenated alkanes) is 1. The van der Waals surface area contributed by atoms with Crippen LogP contribution >= 0.6 is 0 Å². The Kier molecular flexibility index (Phi) is 3.74. The fourth-order valence-corrected chi connectivity index (χ4v) is 2.78. The van der Waals surface area contributed by atoms with Crippen LogP contribution in [0.25, 0.3) is 11.4 Å². The van der Waals surface area contributed by atoms with Gasteiger partial charge in [0.2, 0.25) is 0 Å². The van der Waals surface area contributed by atoms with Crippen LogP contribution in [0.15, 0.2) is 12.5 Å². The maximum Gasteiger partial charge on any atom is 0.133 e. The Balaban J connectivity index is 2.04. The Morgan fingerprint density at radius 3 is 2.76 bits per heavy atom. The second-order valence-corrected chi connectivity index (χ2v) is 6.26. The first-order chi connectivity index (χ1) is 10.1. The third-order valence-electron chi connectivity index (χ3n) is 4.18. The molecule has 2 aromatic rings. The summed E-state index contributed by atoms with van der Waals surface area (Å²) in [5.41, 5.74) is 8.36. The second-order valence-electron chi connectivity index (χ2n) is 6.26. The van der Waals surface area contributed by atoms with Crippen LogP contribution in [0.1, 0.15) is 64.2 Å². The molecule has 1 fully saturated rings. The molecule has 1 aliphatic carbocycles. The number of imidazole rings is 2. The van der Waals surface area contributed by atoms with E-state index in [4.69, 9.17) is 10.7 Å². The summed E-state index contributed by atoms with van der Waals surface area (Å²) in [7, 11) is 0. The lowest BCUT2D eigenvalue weighted by molar-refractivity contribution is 0.604. The molecule has 0 unspecified atom stereocenters. The Hall–Kier alpha value is -1.78. The van der Waals surface area contributed by atoms with Gasteiger partial charge in [-0.3, -0.25) is 0 Å². The summed E-state index contributed by atoms with van der Waals surface area (Å²) < 4.78 is 4.37. The van der Waals surface area contributed by atoms with Crippen molar-refractivity contribution >= 4 is 5.82 Å². The zero-order valence-corrected chi connectivity index (χ0v) is 13.2. The van der Waals surface area contributed by atoms with Crippen molar-refractivity contribution in [2.24, 2.45) is 0 Å². The van der Waals surface area contributed by atoms with E-state index in [1.807, 2.05) is 12.5 Å². The van der Waals surface area contributed by atoms with Crippen molar-refractivity contribution < 1.29 is 0 Å². The van der Waals surface area contributed by atoms with E-state index < -0.39 is 0 Å². The van der Waals surface area contributed by atoms with Crippen molar-refractivity contribution in [3.8, 4) is 11.4 Å². The molecule has 1 saturated carbocycles. The highest BCUT2D eigenvalue weighted by atomic mass is 15.2. The van der Waals surface area contributed by atoms with Crippen LogP contribution in [0.3, 0.4) is 0 Å². The number of aromatic nitrogens is 4. The van der Waals surface area contributed by atoms with Crippen LogP contribution in [0, 0.1) is 0 Å².